The Hall–Kier alpha value is -0.410. The molecule has 0 saturated heterocycles. The van der Waals surface area contributed by atoms with Crippen LogP contribution in [-0.4, -0.2) is 4.98 Å². The average molecular weight is 252 g/mol. The van der Waals surface area contributed by atoms with Gasteiger partial charge in [0, 0.05) is 4.88 Å². The van der Waals surface area contributed by atoms with Gasteiger partial charge in [-0.1, -0.05) is 32.6 Å². The number of thiazole rings is 1. The highest BCUT2D eigenvalue weighted by atomic mass is 32.1. The molecule has 2 nitrogen and oxygen atoms in total. The van der Waals surface area contributed by atoms with Crippen molar-refractivity contribution in [3.05, 3.63) is 15.6 Å². The van der Waals surface area contributed by atoms with E-state index in [1.807, 2.05) is 11.3 Å². The van der Waals surface area contributed by atoms with Crippen molar-refractivity contribution in [3.8, 4) is 0 Å². The lowest BCUT2D eigenvalue weighted by atomic mass is 9.96. The summed E-state index contributed by atoms with van der Waals surface area (Å²) < 4.78 is 0. The molecule has 1 aliphatic rings. The summed E-state index contributed by atoms with van der Waals surface area (Å²) in [5, 5.41) is 1.17. The lowest BCUT2D eigenvalue weighted by molar-refractivity contribution is 0.421. The number of nitrogens with two attached hydrogens (primary N) is 1. The molecule has 1 heterocycles. The fourth-order valence-corrected chi connectivity index (χ4v) is 3.70. The molecule has 3 heteroatoms. The highest BCUT2D eigenvalue weighted by Crippen LogP contribution is 2.34. The fraction of sp³-hybridized carbons (Fsp3) is 0.786. The predicted molar refractivity (Wildman–Crippen MR) is 74.4 cm³/mol. The summed E-state index contributed by atoms with van der Waals surface area (Å²) in [6.07, 6.45) is 9.87. The van der Waals surface area contributed by atoms with Crippen LogP contribution in [0.2, 0.25) is 0 Å². The van der Waals surface area contributed by atoms with Crippen molar-refractivity contribution in [2.45, 2.75) is 70.8 Å². The van der Waals surface area contributed by atoms with Crippen LogP contribution in [0.15, 0.2) is 0 Å². The van der Waals surface area contributed by atoms with E-state index in [9.17, 15) is 0 Å². The van der Waals surface area contributed by atoms with Gasteiger partial charge in [-0.05, 0) is 32.6 Å². The van der Waals surface area contributed by atoms with Crippen LogP contribution in [-0.2, 0) is 18.4 Å². The monoisotopic (exact) mass is 252 g/mol. The molecule has 1 unspecified atom stereocenters. The maximum Gasteiger partial charge on any atom is 0.113 e. The van der Waals surface area contributed by atoms with E-state index in [1.54, 1.807) is 0 Å². The zero-order valence-corrected chi connectivity index (χ0v) is 11.9. The van der Waals surface area contributed by atoms with Crippen molar-refractivity contribution < 1.29 is 0 Å². The molecule has 0 bridgehead atoms. The minimum absolute atomic E-state index is 0.206. The summed E-state index contributed by atoms with van der Waals surface area (Å²) in [7, 11) is 0. The van der Waals surface area contributed by atoms with Crippen LogP contribution in [0.25, 0.3) is 0 Å². The number of aryl methyl sites for hydroxylation is 2. The van der Waals surface area contributed by atoms with Gasteiger partial charge in [-0.25, -0.2) is 4.98 Å². The van der Waals surface area contributed by atoms with Crippen molar-refractivity contribution in [2.75, 3.05) is 0 Å². The second kappa shape index (κ2) is 5.49. The normalized spacial score (nSPS) is 18.1. The second-order valence-corrected chi connectivity index (χ2v) is 6.55. The number of hydrogen-bond donors (Lipinski definition) is 1. The first-order valence-corrected chi connectivity index (χ1v) is 7.73. The molecule has 0 radical (unpaired) electrons. The molecule has 0 fully saturated rings. The highest BCUT2D eigenvalue weighted by molar-refractivity contribution is 7.12. The molecule has 1 aromatic rings. The number of nitrogens with zero attached hydrogens (tertiary/aromatic N) is 1. The smallest absolute Gasteiger partial charge is 0.113 e. The van der Waals surface area contributed by atoms with Crippen LogP contribution in [0, 0.1) is 0 Å². The van der Waals surface area contributed by atoms with Gasteiger partial charge in [0.1, 0.15) is 5.01 Å². The van der Waals surface area contributed by atoms with E-state index in [-0.39, 0.29) is 5.54 Å². The molecule has 96 valence electrons. The minimum Gasteiger partial charge on any atom is -0.320 e. The van der Waals surface area contributed by atoms with E-state index in [2.05, 4.69) is 13.8 Å². The maximum absolute atomic E-state index is 6.43. The Morgan fingerprint density at radius 1 is 1.29 bits per heavy atom. The van der Waals surface area contributed by atoms with Crippen LogP contribution in [0.4, 0.5) is 0 Å². The second-order valence-electron chi connectivity index (χ2n) is 5.47. The Morgan fingerprint density at radius 2 is 2.12 bits per heavy atom. The summed E-state index contributed by atoms with van der Waals surface area (Å²) in [6.45, 7) is 4.39. The van der Waals surface area contributed by atoms with Crippen molar-refractivity contribution in [1.82, 2.24) is 4.98 Å². The van der Waals surface area contributed by atoms with Crippen LogP contribution >= 0.6 is 11.3 Å². The van der Waals surface area contributed by atoms with E-state index >= 15 is 0 Å². The lowest BCUT2D eigenvalue weighted by Gasteiger charge is -2.22. The molecular weight excluding hydrogens is 228 g/mol. The Balaban J connectivity index is 1.94. The van der Waals surface area contributed by atoms with Gasteiger partial charge < -0.3 is 5.73 Å². The molecule has 1 aliphatic carbocycles. The molecule has 0 amide bonds. The van der Waals surface area contributed by atoms with Gasteiger partial charge in [-0.15, -0.1) is 11.3 Å². The first-order valence-electron chi connectivity index (χ1n) is 6.91. The maximum atomic E-state index is 6.43. The van der Waals surface area contributed by atoms with Gasteiger partial charge in [0.25, 0.3) is 0 Å². The van der Waals surface area contributed by atoms with Gasteiger partial charge in [0.15, 0.2) is 0 Å². The number of aromatic nitrogens is 1. The zero-order chi connectivity index (χ0) is 12.3. The quantitative estimate of drug-likeness (QED) is 0.783. The van der Waals surface area contributed by atoms with Crippen LogP contribution in [0.3, 0.4) is 0 Å². The molecular formula is C14H24N2S. The molecule has 0 saturated carbocycles. The molecule has 0 spiro atoms. The number of unbranched alkanes of at least 4 members (excludes halogenated alkanes) is 3. The highest BCUT2D eigenvalue weighted by Gasteiger charge is 2.27. The average Bonchev–Trinajstić information content (AvgIpc) is 2.84. The third-order valence-electron chi connectivity index (χ3n) is 3.63. The van der Waals surface area contributed by atoms with Gasteiger partial charge in [-0.3, -0.25) is 0 Å². The van der Waals surface area contributed by atoms with Crippen LogP contribution < -0.4 is 5.73 Å². The van der Waals surface area contributed by atoms with E-state index in [4.69, 9.17) is 10.7 Å². The fourth-order valence-electron chi connectivity index (χ4n) is 2.46. The Bertz CT molecular complexity index is 347. The Morgan fingerprint density at radius 3 is 2.82 bits per heavy atom. The largest absolute Gasteiger partial charge is 0.320 e. The van der Waals surface area contributed by atoms with Crippen LogP contribution in [0.1, 0.15) is 68.0 Å². The molecule has 1 aromatic heterocycles. The summed E-state index contributed by atoms with van der Waals surface area (Å²) in [5.74, 6) is 0. The van der Waals surface area contributed by atoms with Gasteiger partial charge >= 0.3 is 0 Å². The lowest BCUT2D eigenvalue weighted by Crippen LogP contribution is -2.32. The number of rotatable bonds is 6. The molecule has 0 aromatic carbocycles. The summed E-state index contributed by atoms with van der Waals surface area (Å²) in [6, 6.07) is 0. The van der Waals surface area contributed by atoms with E-state index < -0.39 is 0 Å². The topological polar surface area (TPSA) is 38.9 Å². The SMILES string of the molecule is CCCCCCC(C)(N)c1nc2c(s1)CCC2. The summed E-state index contributed by atoms with van der Waals surface area (Å²) >= 11 is 1.86. The molecule has 17 heavy (non-hydrogen) atoms. The van der Waals surface area contributed by atoms with Gasteiger partial charge in [0.2, 0.25) is 0 Å². The first-order chi connectivity index (χ1) is 8.13. The van der Waals surface area contributed by atoms with E-state index in [0.29, 0.717) is 0 Å². The number of hydrogen-bond acceptors (Lipinski definition) is 3. The van der Waals surface area contributed by atoms with E-state index in [1.165, 1.54) is 54.1 Å². The Labute approximate surface area is 109 Å². The summed E-state index contributed by atoms with van der Waals surface area (Å²) in [5.41, 5.74) is 7.55. The van der Waals surface area contributed by atoms with Gasteiger partial charge in [-0.2, -0.15) is 0 Å². The Kier molecular flexibility index (Phi) is 4.21. The molecule has 1 atom stereocenters. The molecule has 2 rings (SSSR count). The molecule has 2 N–H and O–H groups in total. The standard InChI is InChI=1S/C14H24N2S/c1-3-4-5-6-10-14(2,15)13-16-11-8-7-9-12(11)17-13/h3-10,15H2,1-2H3. The zero-order valence-electron chi connectivity index (χ0n) is 11.1. The van der Waals surface area contributed by atoms with Crippen LogP contribution in [0.5, 0.6) is 0 Å². The summed E-state index contributed by atoms with van der Waals surface area (Å²) in [4.78, 5) is 6.25. The van der Waals surface area contributed by atoms with Crippen molar-refractivity contribution in [2.24, 2.45) is 5.73 Å². The van der Waals surface area contributed by atoms with Crippen molar-refractivity contribution >= 4 is 11.3 Å². The third kappa shape index (κ3) is 3.08. The third-order valence-corrected chi connectivity index (χ3v) is 5.07. The van der Waals surface area contributed by atoms with Crippen molar-refractivity contribution in [3.63, 3.8) is 0 Å². The minimum atomic E-state index is -0.206. The molecule has 0 aliphatic heterocycles. The van der Waals surface area contributed by atoms with Gasteiger partial charge in [0.05, 0.1) is 11.2 Å². The number of fused-ring (bicyclic) bond motifs is 1. The van der Waals surface area contributed by atoms with E-state index in [0.717, 1.165) is 12.8 Å². The van der Waals surface area contributed by atoms with Crippen molar-refractivity contribution in [1.29, 1.82) is 0 Å². The first kappa shape index (κ1) is 13.0. The predicted octanol–water partition coefficient (Wildman–Crippen LogP) is 3.78.